The van der Waals surface area contributed by atoms with Crippen LogP contribution in [0.25, 0.3) is 0 Å². The molecule has 0 bridgehead atoms. The molecule has 26 heavy (non-hydrogen) atoms. The molecule has 8 unspecified atom stereocenters. The van der Waals surface area contributed by atoms with Crippen molar-refractivity contribution in [2.45, 2.75) is 67.2 Å². The van der Waals surface area contributed by atoms with Crippen LogP contribution in [0.2, 0.25) is 0 Å². The highest BCUT2D eigenvalue weighted by Gasteiger charge is 2.34. The third-order valence-electron chi connectivity index (χ3n) is 7.30. The van der Waals surface area contributed by atoms with Gasteiger partial charge >= 0.3 is 0 Å². The largest absolute Gasteiger partial charge is 0.102 e. The molecule has 146 valence electrons. The van der Waals surface area contributed by atoms with Gasteiger partial charge in [0.2, 0.25) is 0 Å². The van der Waals surface area contributed by atoms with Crippen molar-refractivity contribution in [3.05, 3.63) is 48.6 Å². The van der Waals surface area contributed by atoms with Crippen molar-refractivity contribution < 1.29 is 0 Å². The van der Waals surface area contributed by atoms with Gasteiger partial charge in [-0.25, -0.2) is 0 Å². The summed E-state index contributed by atoms with van der Waals surface area (Å²) in [5.41, 5.74) is 1.54. The van der Waals surface area contributed by atoms with Crippen molar-refractivity contribution >= 4 is 0 Å². The van der Waals surface area contributed by atoms with Crippen LogP contribution in [0.5, 0.6) is 0 Å². The number of rotatable bonds is 2. The summed E-state index contributed by atoms with van der Waals surface area (Å²) in [7, 11) is 0. The number of hydrogen-bond acceptors (Lipinski definition) is 0. The van der Waals surface area contributed by atoms with Gasteiger partial charge in [-0.2, -0.15) is 0 Å². The molecule has 2 aliphatic rings. The van der Waals surface area contributed by atoms with Crippen LogP contribution < -0.4 is 0 Å². The molecule has 0 aromatic heterocycles. The molecular formula is C26H42. The van der Waals surface area contributed by atoms with Crippen molar-refractivity contribution in [2.24, 2.45) is 47.3 Å². The second-order valence-electron chi connectivity index (χ2n) is 9.42. The van der Waals surface area contributed by atoms with Gasteiger partial charge in [-0.05, 0) is 80.0 Å². The average molecular weight is 355 g/mol. The van der Waals surface area contributed by atoms with Gasteiger partial charge in [-0.1, -0.05) is 76.6 Å². The molecule has 0 saturated carbocycles. The van der Waals surface area contributed by atoms with Crippen molar-refractivity contribution in [3.63, 3.8) is 0 Å². The molecule has 0 aromatic carbocycles. The first-order valence-electron chi connectivity index (χ1n) is 11.0. The summed E-state index contributed by atoms with van der Waals surface area (Å²) in [6.07, 6.45) is 19.8. The molecule has 0 heteroatoms. The molecular weight excluding hydrogens is 312 g/mol. The molecule has 0 radical (unpaired) electrons. The molecule has 2 rings (SSSR count). The monoisotopic (exact) mass is 354 g/mol. The Hall–Kier alpha value is -1.04. The van der Waals surface area contributed by atoms with Crippen LogP contribution in [0, 0.1) is 47.3 Å². The van der Waals surface area contributed by atoms with E-state index in [-0.39, 0.29) is 0 Å². The van der Waals surface area contributed by atoms with Crippen LogP contribution in [0.3, 0.4) is 0 Å². The van der Waals surface area contributed by atoms with Crippen LogP contribution in [-0.2, 0) is 0 Å². The highest BCUT2D eigenvalue weighted by atomic mass is 14.4. The Morgan fingerprint density at radius 3 is 2.42 bits per heavy atom. The number of hydrogen-bond donors (Lipinski definition) is 0. The summed E-state index contributed by atoms with van der Waals surface area (Å²) in [4.78, 5) is 0. The van der Waals surface area contributed by atoms with E-state index in [0.29, 0.717) is 35.5 Å². The lowest BCUT2D eigenvalue weighted by atomic mass is 9.65. The van der Waals surface area contributed by atoms with Gasteiger partial charge in [-0.15, -0.1) is 6.58 Å². The van der Waals surface area contributed by atoms with Gasteiger partial charge < -0.3 is 0 Å². The van der Waals surface area contributed by atoms with Gasteiger partial charge in [0.1, 0.15) is 0 Å². The van der Waals surface area contributed by atoms with Gasteiger partial charge in [0.15, 0.2) is 0 Å². The minimum absolute atomic E-state index is 0.526. The fraction of sp³-hybridized carbons (Fsp3) is 0.692. The van der Waals surface area contributed by atoms with Crippen LogP contribution in [0.15, 0.2) is 48.6 Å². The van der Waals surface area contributed by atoms with Crippen molar-refractivity contribution in [1.29, 1.82) is 0 Å². The van der Waals surface area contributed by atoms with E-state index in [1.807, 2.05) is 0 Å². The van der Waals surface area contributed by atoms with E-state index in [4.69, 9.17) is 0 Å². The van der Waals surface area contributed by atoms with Crippen LogP contribution in [-0.4, -0.2) is 0 Å². The summed E-state index contributed by atoms with van der Waals surface area (Å²) in [6.45, 7) is 18.6. The molecule has 0 heterocycles. The van der Waals surface area contributed by atoms with Crippen LogP contribution in [0.4, 0.5) is 0 Å². The maximum atomic E-state index is 4.18. The van der Waals surface area contributed by atoms with Crippen molar-refractivity contribution in [1.82, 2.24) is 0 Å². The third kappa shape index (κ3) is 5.24. The van der Waals surface area contributed by atoms with E-state index in [0.717, 1.165) is 11.8 Å². The van der Waals surface area contributed by atoms with Gasteiger partial charge in [0, 0.05) is 0 Å². The highest BCUT2D eigenvalue weighted by molar-refractivity contribution is 5.18. The zero-order chi connectivity index (χ0) is 19.3. The Bertz CT molecular complexity index is 534. The minimum Gasteiger partial charge on any atom is -0.102 e. The molecule has 2 aliphatic carbocycles. The van der Waals surface area contributed by atoms with E-state index in [9.17, 15) is 0 Å². The molecule has 0 fully saturated rings. The first-order valence-corrected chi connectivity index (χ1v) is 11.0. The lowest BCUT2D eigenvalue weighted by molar-refractivity contribution is 0.183. The first kappa shape index (κ1) is 21.3. The molecule has 0 nitrogen and oxygen atoms in total. The predicted molar refractivity (Wildman–Crippen MR) is 117 cm³/mol. The van der Waals surface area contributed by atoms with E-state index < -0.39 is 0 Å². The lowest BCUT2D eigenvalue weighted by Crippen LogP contribution is -2.31. The SMILES string of the molecule is C=CC1C=C(C)CC2/C=C/CC(C)C(C)/C=C\C(CC)C(C)CC(C)C12. The highest BCUT2D eigenvalue weighted by Crippen LogP contribution is 2.43. The molecule has 0 amide bonds. The summed E-state index contributed by atoms with van der Waals surface area (Å²) in [5, 5.41) is 0. The minimum atomic E-state index is 0.526. The zero-order valence-corrected chi connectivity index (χ0v) is 18.1. The lowest BCUT2D eigenvalue weighted by Gasteiger charge is -2.39. The summed E-state index contributed by atoms with van der Waals surface area (Å²) in [6, 6.07) is 0. The Labute approximate surface area is 163 Å². The molecule has 0 spiro atoms. The van der Waals surface area contributed by atoms with E-state index in [2.05, 4.69) is 84.6 Å². The smallest absolute Gasteiger partial charge is 0.00170 e. The van der Waals surface area contributed by atoms with E-state index in [1.165, 1.54) is 25.7 Å². The predicted octanol–water partition coefficient (Wildman–Crippen LogP) is 7.85. The summed E-state index contributed by atoms with van der Waals surface area (Å²) < 4.78 is 0. The molecule has 0 aromatic rings. The van der Waals surface area contributed by atoms with E-state index >= 15 is 0 Å². The Balaban J connectivity index is 2.35. The maximum Gasteiger partial charge on any atom is -0.00170 e. The van der Waals surface area contributed by atoms with Crippen molar-refractivity contribution in [2.75, 3.05) is 0 Å². The Morgan fingerprint density at radius 1 is 1.04 bits per heavy atom. The van der Waals surface area contributed by atoms with Crippen LogP contribution in [0.1, 0.15) is 67.2 Å². The maximum absolute atomic E-state index is 4.18. The van der Waals surface area contributed by atoms with Crippen molar-refractivity contribution in [3.8, 4) is 0 Å². The standard InChI is InChI=1S/C26H42/c1-8-23-14-13-20(5)19(4)11-10-12-25-16-18(3)15-24(9-2)26(25)22(7)17-21(23)6/h9-10,12-15,19-26H,2,8,11,16-17H2,1,3-7H3/b12-10+,14-13-. The third-order valence-corrected chi connectivity index (χ3v) is 7.30. The average Bonchev–Trinajstić information content (AvgIpc) is 2.60. The Morgan fingerprint density at radius 2 is 1.77 bits per heavy atom. The van der Waals surface area contributed by atoms with Gasteiger partial charge in [0.05, 0.1) is 0 Å². The molecule has 8 atom stereocenters. The molecule has 0 aliphatic heterocycles. The summed E-state index contributed by atoms with van der Waals surface area (Å²) >= 11 is 0. The number of allylic oxidation sites excluding steroid dienone is 7. The quantitative estimate of drug-likeness (QED) is 0.443. The second kappa shape index (κ2) is 9.77. The first-order chi connectivity index (χ1) is 12.4. The van der Waals surface area contributed by atoms with Gasteiger partial charge in [-0.3, -0.25) is 0 Å². The fourth-order valence-electron chi connectivity index (χ4n) is 5.36. The molecule has 0 saturated heterocycles. The fourth-order valence-corrected chi connectivity index (χ4v) is 5.36. The molecule has 0 N–H and O–H groups in total. The van der Waals surface area contributed by atoms with Gasteiger partial charge in [0.25, 0.3) is 0 Å². The normalized spacial score (nSPS) is 44.5. The van der Waals surface area contributed by atoms with E-state index in [1.54, 1.807) is 5.57 Å². The summed E-state index contributed by atoms with van der Waals surface area (Å²) in [5.74, 6) is 5.44. The van der Waals surface area contributed by atoms with Crippen LogP contribution >= 0.6 is 0 Å². The Kier molecular flexibility index (Phi) is 7.99. The topological polar surface area (TPSA) is 0 Å². The number of fused-ring (bicyclic) bond motifs is 1. The second-order valence-corrected chi connectivity index (χ2v) is 9.42. The zero-order valence-electron chi connectivity index (χ0n) is 18.1.